The number of primary sulfonamides is 1. The van der Waals surface area contributed by atoms with Crippen LogP contribution < -0.4 is 15.8 Å². The van der Waals surface area contributed by atoms with Gasteiger partial charge in [-0.3, -0.25) is 35.2 Å². The Morgan fingerprint density at radius 3 is 1.68 bits per heavy atom. The topological polar surface area (TPSA) is 164 Å². The minimum atomic E-state index is -3.69. The van der Waals surface area contributed by atoms with Crippen LogP contribution in [0.15, 0.2) is 78.0 Å². The molecule has 11 nitrogen and oxygen atoms in total. The first-order valence-electron chi connectivity index (χ1n) is 13.3. The van der Waals surface area contributed by atoms with E-state index >= 15 is 0 Å². The molecule has 0 aliphatic carbocycles. The van der Waals surface area contributed by atoms with Crippen molar-refractivity contribution in [2.75, 3.05) is 18.4 Å². The number of hydrogen-bond acceptors (Lipinski definition) is 9. The maximum atomic E-state index is 11.3. The number of rotatable bonds is 15. The Morgan fingerprint density at radius 2 is 1.23 bits per heavy atom. The summed E-state index contributed by atoms with van der Waals surface area (Å²) in [5.74, 6) is 0. The third kappa shape index (κ3) is 19.8. The molecule has 1 radical (unpaired) electrons. The average Bonchev–Trinajstić information content (AvgIpc) is 3.04. The minimum absolute atomic E-state index is 0. The van der Waals surface area contributed by atoms with Gasteiger partial charge in [0.15, 0.2) is 5.11 Å². The van der Waals surface area contributed by atoms with Gasteiger partial charge in [0.25, 0.3) is 0 Å². The zero-order chi connectivity index (χ0) is 32.3. The van der Waals surface area contributed by atoms with Crippen molar-refractivity contribution in [1.29, 1.82) is 0 Å². The first-order valence-corrected chi connectivity index (χ1v) is 15.3. The number of nitrogens with zero attached hydrogens (tertiary/aromatic N) is 3. The van der Waals surface area contributed by atoms with Crippen LogP contribution in [0, 0.1) is 0 Å². The predicted octanol–water partition coefficient (Wildman–Crippen LogP) is 3.63. The van der Waals surface area contributed by atoms with Gasteiger partial charge in [0.05, 0.1) is 16.3 Å². The number of unbranched alkanes of at least 4 members (excludes halogenated alkanes) is 5. The summed E-state index contributed by atoms with van der Waals surface area (Å²) in [7, 11) is -3.69. The molecule has 0 saturated heterocycles. The normalized spacial score (nSPS) is 9.86. The standard InChI is InChI=1S/C27H36N6O2S2.3CHO.Re/c28-37(34,35)26-15-13-23(14-16-26)32-27(36)31-19-7-3-1-2-4-10-20-33(21-24-11-5-8-17-29-24)22-25-12-6-9-18-30-25;3*1-2;/h5-6,8-9,11-18H,1-4,7,10,19-22H2,(H2,28,34,35)(H2,31,32,36);3*1H;/q;3*-1;. The van der Waals surface area contributed by atoms with Crippen LogP contribution in [-0.2, 0) is 57.9 Å². The SMILES string of the molecule is NS(=O)(=O)c1ccc(NC(=S)NCCCCCCCCN(Cc2ccccn2)Cc2ccccn2)cc1.[CH-]=O.[CH-]=O.[CH-]=O.[Re]. The second-order valence-electron chi connectivity index (χ2n) is 8.92. The largest absolute Gasteiger partial charge is 0.545 e. The summed E-state index contributed by atoms with van der Waals surface area (Å²) in [5.41, 5.74) is 2.88. The van der Waals surface area contributed by atoms with Crippen molar-refractivity contribution in [3.63, 3.8) is 0 Å². The smallest absolute Gasteiger partial charge is 0.238 e. The number of nitrogens with one attached hydrogen (secondary N) is 2. The number of sulfonamides is 1. The summed E-state index contributed by atoms with van der Waals surface area (Å²) in [6, 6.07) is 18.3. The number of anilines is 1. The van der Waals surface area contributed by atoms with Gasteiger partial charge in [-0.25, -0.2) is 13.6 Å². The molecule has 0 atom stereocenters. The van der Waals surface area contributed by atoms with Crippen LogP contribution in [0.1, 0.15) is 49.9 Å². The van der Waals surface area contributed by atoms with Gasteiger partial charge in [-0.2, -0.15) is 0 Å². The number of pyridine rings is 2. The van der Waals surface area contributed by atoms with Gasteiger partial charge in [-0.15, -0.1) is 0 Å². The second kappa shape index (κ2) is 27.3. The maximum absolute atomic E-state index is 11.3. The summed E-state index contributed by atoms with van der Waals surface area (Å²) in [6.07, 6.45) is 10.6. The van der Waals surface area contributed by atoms with Gasteiger partial charge in [0.2, 0.25) is 10.0 Å². The van der Waals surface area contributed by atoms with Crippen LogP contribution in [0.3, 0.4) is 0 Å². The van der Waals surface area contributed by atoms with E-state index in [1.807, 2.05) is 36.7 Å². The summed E-state index contributed by atoms with van der Waals surface area (Å²) >= 11 is 5.32. The van der Waals surface area contributed by atoms with Gasteiger partial charge < -0.3 is 25.0 Å². The van der Waals surface area contributed by atoms with E-state index in [0.717, 1.165) is 56.8 Å². The van der Waals surface area contributed by atoms with E-state index in [4.69, 9.17) is 31.7 Å². The van der Waals surface area contributed by atoms with E-state index in [1.165, 1.54) is 31.4 Å². The summed E-state index contributed by atoms with van der Waals surface area (Å²) in [5, 5.41) is 11.9. The second-order valence-corrected chi connectivity index (χ2v) is 10.9. The van der Waals surface area contributed by atoms with Crippen molar-refractivity contribution >= 4 is 53.4 Å². The monoisotopic (exact) mass is 814 g/mol. The third-order valence-electron chi connectivity index (χ3n) is 5.85. The number of nitrogens with two attached hydrogens (primary N) is 1. The molecule has 3 rings (SSSR count). The zero-order valence-corrected chi connectivity index (χ0v) is 28.7. The molecule has 1 aromatic carbocycles. The molecule has 14 heteroatoms. The van der Waals surface area contributed by atoms with E-state index in [1.54, 1.807) is 12.1 Å². The van der Waals surface area contributed by atoms with Gasteiger partial charge >= 0.3 is 0 Å². The molecule has 0 bridgehead atoms. The first kappa shape index (κ1) is 42.9. The summed E-state index contributed by atoms with van der Waals surface area (Å²) < 4.78 is 22.7. The van der Waals surface area contributed by atoms with Gasteiger partial charge in [0.1, 0.15) is 0 Å². The molecular weight excluding hydrogens is 775 g/mol. The van der Waals surface area contributed by atoms with Gasteiger partial charge in [-0.05, 0) is 80.1 Å². The minimum Gasteiger partial charge on any atom is -0.545 e. The number of aromatic nitrogens is 2. The molecular formula is C30H39N6O5ReS2-3. The van der Waals surface area contributed by atoms with E-state index in [9.17, 15) is 8.42 Å². The van der Waals surface area contributed by atoms with Crippen molar-refractivity contribution in [3.8, 4) is 0 Å². The van der Waals surface area contributed by atoms with Crippen LogP contribution in [0.5, 0.6) is 0 Å². The van der Waals surface area contributed by atoms with Crippen molar-refractivity contribution in [2.24, 2.45) is 5.14 Å². The number of benzene rings is 1. The van der Waals surface area contributed by atoms with Crippen LogP contribution in [0.4, 0.5) is 5.69 Å². The molecule has 241 valence electrons. The molecule has 0 unspecified atom stereocenters. The molecule has 4 N–H and O–H groups in total. The quantitative estimate of drug-likeness (QED) is 0.0889. The summed E-state index contributed by atoms with van der Waals surface area (Å²) in [4.78, 5) is 34.7. The fourth-order valence-corrected chi connectivity index (χ4v) is 4.66. The molecule has 44 heavy (non-hydrogen) atoms. The van der Waals surface area contributed by atoms with Crippen molar-refractivity contribution in [3.05, 3.63) is 84.4 Å². The molecule has 0 saturated carbocycles. The zero-order valence-electron chi connectivity index (χ0n) is 24.4. The Hall–Kier alpha value is -3.25. The van der Waals surface area contributed by atoms with Crippen LogP contribution in [0.2, 0.25) is 0 Å². The van der Waals surface area contributed by atoms with E-state index in [0.29, 0.717) is 10.8 Å². The number of thiocarbonyl (C=S) groups is 1. The van der Waals surface area contributed by atoms with E-state index in [2.05, 4.69) is 58.0 Å². The molecule has 0 aliphatic heterocycles. The molecule has 3 aromatic rings. The predicted molar refractivity (Wildman–Crippen MR) is 173 cm³/mol. The molecule has 0 amide bonds. The van der Waals surface area contributed by atoms with Crippen LogP contribution in [0.25, 0.3) is 0 Å². The van der Waals surface area contributed by atoms with Crippen molar-refractivity contribution in [2.45, 2.75) is 56.5 Å². The number of hydrogen-bond donors (Lipinski definition) is 3. The Bertz CT molecular complexity index is 1200. The fourth-order valence-electron chi connectivity index (χ4n) is 3.93. The molecule has 0 fully saturated rings. The van der Waals surface area contributed by atoms with Gasteiger partial charge in [0, 0.05) is 58.1 Å². The molecule has 0 spiro atoms. The Kier molecular flexibility index (Phi) is 26.6. The van der Waals surface area contributed by atoms with Crippen LogP contribution in [-0.4, -0.2) is 61.9 Å². The summed E-state index contributed by atoms with van der Waals surface area (Å²) in [6.45, 7) is 13.2. The molecule has 2 heterocycles. The van der Waals surface area contributed by atoms with Crippen LogP contribution >= 0.6 is 12.2 Å². The van der Waals surface area contributed by atoms with E-state index < -0.39 is 10.0 Å². The Labute approximate surface area is 280 Å². The van der Waals surface area contributed by atoms with Crippen molar-refractivity contribution in [1.82, 2.24) is 20.2 Å². The average molecular weight is 814 g/mol. The third-order valence-corrected chi connectivity index (χ3v) is 7.03. The number of carbonyl (C=O) groups excluding carboxylic acids is 3. The Morgan fingerprint density at radius 1 is 0.750 bits per heavy atom. The fraction of sp³-hybridized carbons (Fsp3) is 0.333. The van der Waals surface area contributed by atoms with Crippen molar-refractivity contribution < 1.29 is 43.2 Å². The molecule has 0 aliphatic rings. The Balaban J connectivity index is 0. The van der Waals surface area contributed by atoms with E-state index in [-0.39, 0.29) is 25.3 Å². The van der Waals surface area contributed by atoms with Gasteiger partial charge in [-0.1, -0.05) is 37.8 Å². The first-order chi connectivity index (χ1) is 20.9. The molecule has 2 aromatic heterocycles. The maximum Gasteiger partial charge on any atom is 0.238 e.